The first-order valence-corrected chi connectivity index (χ1v) is 17.2. The number of hydrogen-bond donors (Lipinski definition) is 2. The van der Waals surface area contributed by atoms with Crippen LogP contribution in [0.15, 0.2) is 24.3 Å². The molecule has 2 atom stereocenters. The van der Waals surface area contributed by atoms with Crippen LogP contribution in [0.25, 0.3) is 5.32 Å². The molecule has 2 aromatic rings. The van der Waals surface area contributed by atoms with E-state index in [1.54, 1.807) is 0 Å². The van der Waals surface area contributed by atoms with Crippen molar-refractivity contribution >= 4 is 28.3 Å². The Bertz CT molecular complexity index is 861. The van der Waals surface area contributed by atoms with Crippen LogP contribution in [0, 0.1) is 20.8 Å². The van der Waals surface area contributed by atoms with Gasteiger partial charge < -0.3 is 16.8 Å². The molecule has 0 bridgehead atoms. The van der Waals surface area contributed by atoms with Crippen molar-refractivity contribution in [3.63, 3.8) is 0 Å². The van der Waals surface area contributed by atoms with Gasteiger partial charge >= 0.3 is 39.5 Å². The molecule has 0 fully saturated rings. The minimum atomic E-state index is -0.108. The van der Waals surface area contributed by atoms with E-state index in [-0.39, 0.29) is 12.1 Å². The monoisotopic (exact) mass is 639 g/mol. The van der Waals surface area contributed by atoms with Gasteiger partial charge in [0, 0.05) is 12.1 Å². The summed E-state index contributed by atoms with van der Waals surface area (Å²) < 4.78 is 0. The number of benzene rings is 2. The molecule has 0 spiro atoms. The molecule has 2 unspecified atom stereocenters. The van der Waals surface area contributed by atoms with E-state index in [2.05, 4.69) is 115 Å². The van der Waals surface area contributed by atoms with Gasteiger partial charge in [0.1, 0.15) is 0 Å². The molecular formula is C28H44Br2CoN3. The fraction of sp³-hybridized carbons (Fsp3) is 0.571. The molecule has 0 radical (unpaired) electrons. The van der Waals surface area contributed by atoms with E-state index in [0.29, 0.717) is 30.8 Å². The van der Waals surface area contributed by atoms with Crippen LogP contribution in [0.2, 0.25) is 0 Å². The van der Waals surface area contributed by atoms with Crippen LogP contribution < -0.4 is 11.5 Å². The Balaban J connectivity index is 0.00000182. The predicted octanol–water partition coefficient (Wildman–Crippen LogP) is 8.74. The van der Waals surface area contributed by atoms with Gasteiger partial charge in [-0.3, -0.25) is 0 Å². The molecule has 0 aliphatic heterocycles. The maximum absolute atomic E-state index is 6.77. The molecule has 0 saturated heterocycles. The van der Waals surface area contributed by atoms with Gasteiger partial charge in [0.25, 0.3) is 0 Å². The van der Waals surface area contributed by atoms with Gasteiger partial charge in [0.05, 0.1) is 0 Å². The average Bonchev–Trinajstić information content (AvgIpc) is 2.72. The fourth-order valence-corrected chi connectivity index (χ4v) is 4.75. The van der Waals surface area contributed by atoms with Gasteiger partial charge in [-0.2, -0.15) is 0 Å². The van der Waals surface area contributed by atoms with Crippen molar-refractivity contribution in [1.82, 2.24) is 0 Å². The quantitative estimate of drug-likeness (QED) is 0.288. The van der Waals surface area contributed by atoms with Gasteiger partial charge in [-0.25, -0.2) is 0 Å². The summed E-state index contributed by atoms with van der Waals surface area (Å²) in [5.41, 5.74) is 23.7. The maximum atomic E-state index is 6.77. The summed E-state index contributed by atoms with van der Waals surface area (Å²) in [6.07, 6.45) is 0. The van der Waals surface area contributed by atoms with Crippen molar-refractivity contribution in [3.05, 3.63) is 74.1 Å². The summed E-state index contributed by atoms with van der Waals surface area (Å²) in [5.74, 6) is 1.36. The molecule has 2 rings (SSSR count). The molecular weight excluding hydrogens is 597 g/mol. The summed E-state index contributed by atoms with van der Waals surface area (Å²) in [4.78, 5) is 0. The minimum absolute atomic E-state index is 0.0924. The summed E-state index contributed by atoms with van der Waals surface area (Å²) in [6.45, 7) is 21.2. The molecule has 2 aromatic carbocycles. The second-order valence-corrected chi connectivity index (χ2v) is 15.5. The molecule has 0 aliphatic rings. The second-order valence-electron chi connectivity index (χ2n) is 10.2. The Labute approximate surface area is 229 Å². The van der Waals surface area contributed by atoms with E-state index in [0.717, 1.165) is 11.1 Å². The molecule has 0 heterocycles. The van der Waals surface area contributed by atoms with Crippen molar-refractivity contribution < 1.29 is 11.1 Å². The normalized spacial score (nSPS) is 13.4. The number of rotatable bonds is 9. The molecule has 3 nitrogen and oxygen atoms in total. The number of halogens is 2. The van der Waals surface area contributed by atoms with Gasteiger partial charge in [0.2, 0.25) is 0 Å². The van der Waals surface area contributed by atoms with Crippen LogP contribution in [0.5, 0.6) is 0 Å². The molecule has 0 amide bonds. The van der Waals surface area contributed by atoms with Gasteiger partial charge in [-0.05, 0) is 77.5 Å². The van der Waals surface area contributed by atoms with Gasteiger partial charge in [-0.15, -0.1) is 13.1 Å². The summed E-state index contributed by atoms with van der Waals surface area (Å²) in [7, 11) is 0. The first-order valence-electron chi connectivity index (χ1n) is 12.1. The van der Waals surface area contributed by atoms with Crippen LogP contribution in [-0.2, 0) is 11.1 Å². The molecule has 0 saturated carbocycles. The third-order valence-corrected chi connectivity index (χ3v) is 6.31. The summed E-state index contributed by atoms with van der Waals surface area (Å²) >= 11 is 7.12. The SMILES string of the molecule is Cc1cc(C)c(C(N)C[N-]CC(N)c2c(C(C)C)cc(C(C)C)cc2C(C)C)c(C)c1.[Br][Co+][Br]. The van der Waals surface area contributed by atoms with Crippen LogP contribution in [0.1, 0.15) is 116 Å². The van der Waals surface area contributed by atoms with E-state index in [9.17, 15) is 0 Å². The van der Waals surface area contributed by atoms with E-state index >= 15 is 0 Å². The van der Waals surface area contributed by atoms with Crippen LogP contribution in [0.3, 0.4) is 0 Å². The van der Waals surface area contributed by atoms with E-state index < -0.39 is 0 Å². The van der Waals surface area contributed by atoms with E-state index in [1.165, 1.54) is 44.5 Å². The van der Waals surface area contributed by atoms with E-state index in [4.69, 9.17) is 16.8 Å². The van der Waals surface area contributed by atoms with Gasteiger partial charge in [-0.1, -0.05) is 71.4 Å². The average molecular weight is 641 g/mol. The zero-order chi connectivity index (χ0) is 26.2. The molecule has 194 valence electrons. The molecule has 34 heavy (non-hydrogen) atoms. The molecule has 0 aliphatic carbocycles. The number of aryl methyl sites for hydroxylation is 3. The zero-order valence-electron chi connectivity index (χ0n) is 22.3. The third-order valence-electron chi connectivity index (χ3n) is 6.31. The van der Waals surface area contributed by atoms with E-state index in [1.807, 2.05) is 0 Å². The Morgan fingerprint density at radius 2 is 1.09 bits per heavy atom. The molecule has 4 N–H and O–H groups in total. The fourth-order valence-electron chi connectivity index (χ4n) is 4.75. The molecule has 0 aromatic heterocycles. The third kappa shape index (κ3) is 9.02. The summed E-state index contributed by atoms with van der Waals surface area (Å²) in [6, 6.07) is 8.93. The van der Waals surface area contributed by atoms with Crippen LogP contribution >= 0.6 is 28.3 Å². The summed E-state index contributed by atoms with van der Waals surface area (Å²) in [5, 5.41) is 4.84. The Kier molecular flexibility index (Phi) is 14.2. The van der Waals surface area contributed by atoms with Crippen LogP contribution in [-0.4, -0.2) is 13.1 Å². The number of nitrogens with zero attached hydrogens (tertiary/aromatic N) is 1. The topological polar surface area (TPSA) is 66.1 Å². The van der Waals surface area contributed by atoms with Crippen molar-refractivity contribution in [2.24, 2.45) is 11.5 Å². The predicted molar refractivity (Wildman–Crippen MR) is 154 cm³/mol. The Hall–Kier alpha value is -0.214. The van der Waals surface area contributed by atoms with Gasteiger partial charge in [0.15, 0.2) is 0 Å². The first kappa shape index (κ1) is 31.8. The van der Waals surface area contributed by atoms with Crippen molar-refractivity contribution in [2.75, 3.05) is 13.1 Å². The first-order chi connectivity index (χ1) is 15.8. The van der Waals surface area contributed by atoms with Crippen molar-refractivity contribution in [3.8, 4) is 0 Å². The Morgan fingerprint density at radius 1 is 0.706 bits per heavy atom. The number of nitrogens with two attached hydrogens (primary N) is 2. The number of hydrogen-bond acceptors (Lipinski definition) is 2. The zero-order valence-corrected chi connectivity index (χ0v) is 26.5. The standard InChI is InChI=1S/C28H44N3.2BrH.Co/c1-16(2)22-12-23(17(3)4)28(24(13-22)18(5)6)26(30)15-31-14-25(29)27-20(8)10-19(7)11-21(27)9;;;/h10-13,16-18,25-26H,14-15,29-30H2,1-9H3;2*1H;/q-1;;;+3/p-2. The van der Waals surface area contributed by atoms with Crippen molar-refractivity contribution in [2.45, 2.75) is 92.2 Å². The Morgan fingerprint density at radius 3 is 1.44 bits per heavy atom. The second kappa shape index (κ2) is 15.1. The van der Waals surface area contributed by atoms with Crippen molar-refractivity contribution in [1.29, 1.82) is 0 Å². The van der Waals surface area contributed by atoms with Crippen LogP contribution in [0.4, 0.5) is 0 Å². The molecule has 6 heteroatoms.